The number of fused-ring (bicyclic) bond motifs is 2. The first-order valence-corrected chi connectivity index (χ1v) is 8.46. The molecule has 0 amide bonds. The van der Waals surface area contributed by atoms with E-state index in [1.54, 1.807) is 13.0 Å². The van der Waals surface area contributed by atoms with Crippen molar-refractivity contribution < 1.29 is 14.6 Å². The Hall–Kier alpha value is -2.82. The van der Waals surface area contributed by atoms with E-state index in [-0.39, 0.29) is 22.8 Å². The number of benzene rings is 3. The standard InChI is InChI=1S/C21H15ClO4/c1-11-6-14-19(8-17(11)24)26-20-9-18(25)16(22)7-15(20)21(14)13-5-3-2-4-12(13)10-23/h2-9,23-24H,10H2,1H3. The van der Waals surface area contributed by atoms with Gasteiger partial charge in [0.2, 0.25) is 5.43 Å². The molecule has 0 spiro atoms. The molecular weight excluding hydrogens is 352 g/mol. The van der Waals surface area contributed by atoms with Gasteiger partial charge in [0.1, 0.15) is 17.1 Å². The average Bonchev–Trinajstić information content (AvgIpc) is 2.63. The van der Waals surface area contributed by atoms with Gasteiger partial charge in [0, 0.05) is 28.6 Å². The maximum Gasteiger partial charge on any atom is 0.200 e. The number of phenols is 1. The lowest BCUT2D eigenvalue weighted by Crippen LogP contribution is -2.03. The van der Waals surface area contributed by atoms with Gasteiger partial charge in [-0.25, -0.2) is 0 Å². The molecule has 0 fully saturated rings. The molecule has 5 heteroatoms. The van der Waals surface area contributed by atoms with E-state index in [4.69, 9.17) is 16.0 Å². The first kappa shape index (κ1) is 16.6. The maximum atomic E-state index is 12.0. The van der Waals surface area contributed by atoms with Crippen LogP contribution in [0.25, 0.3) is 33.4 Å². The van der Waals surface area contributed by atoms with Crippen molar-refractivity contribution in [2.75, 3.05) is 0 Å². The molecule has 4 nitrogen and oxygen atoms in total. The Labute approximate surface area is 154 Å². The minimum absolute atomic E-state index is 0.102. The van der Waals surface area contributed by atoms with Crippen LogP contribution in [0.4, 0.5) is 0 Å². The highest BCUT2D eigenvalue weighted by Gasteiger charge is 2.21. The van der Waals surface area contributed by atoms with Crippen LogP contribution in [0, 0.1) is 6.92 Å². The number of rotatable bonds is 2. The molecule has 0 bridgehead atoms. The first-order valence-electron chi connectivity index (χ1n) is 8.08. The van der Waals surface area contributed by atoms with Gasteiger partial charge in [-0.3, -0.25) is 4.79 Å². The van der Waals surface area contributed by atoms with Crippen LogP contribution >= 0.6 is 11.6 Å². The highest BCUT2D eigenvalue weighted by Crippen LogP contribution is 2.43. The number of hydrogen-bond donors (Lipinski definition) is 2. The third-order valence-corrected chi connectivity index (χ3v) is 4.84. The van der Waals surface area contributed by atoms with Crippen LogP contribution in [0.5, 0.6) is 5.75 Å². The predicted octanol–water partition coefficient (Wildman–Crippen LogP) is 4.72. The van der Waals surface area contributed by atoms with Gasteiger partial charge in [-0.05, 0) is 35.7 Å². The molecule has 0 aromatic heterocycles. The van der Waals surface area contributed by atoms with E-state index in [1.807, 2.05) is 30.3 Å². The largest absolute Gasteiger partial charge is 0.508 e. The summed E-state index contributed by atoms with van der Waals surface area (Å²) >= 11 is 6.08. The summed E-state index contributed by atoms with van der Waals surface area (Å²) in [7, 11) is 0. The lowest BCUT2D eigenvalue weighted by atomic mass is 9.90. The molecule has 26 heavy (non-hydrogen) atoms. The van der Waals surface area contributed by atoms with Crippen molar-refractivity contribution in [3.8, 4) is 28.2 Å². The second kappa shape index (κ2) is 6.16. The van der Waals surface area contributed by atoms with Crippen LogP contribution in [0.3, 0.4) is 0 Å². The molecule has 0 radical (unpaired) electrons. The molecule has 0 saturated heterocycles. The van der Waals surface area contributed by atoms with Gasteiger partial charge in [-0.15, -0.1) is 0 Å². The van der Waals surface area contributed by atoms with Crippen molar-refractivity contribution in [2.45, 2.75) is 13.5 Å². The van der Waals surface area contributed by atoms with Crippen LogP contribution in [-0.2, 0) is 6.61 Å². The quantitative estimate of drug-likeness (QED) is 0.503. The van der Waals surface area contributed by atoms with E-state index in [0.29, 0.717) is 22.5 Å². The highest BCUT2D eigenvalue weighted by molar-refractivity contribution is 6.31. The normalized spacial score (nSPS) is 11.3. The van der Waals surface area contributed by atoms with Gasteiger partial charge in [0.25, 0.3) is 0 Å². The summed E-state index contributed by atoms with van der Waals surface area (Å²) in [6.45, 7) is 1.67. The summed E-state index contributed by atoms with van der Waals surface area (Å²) in [4.78, 5) is 12.0. The Balaban J connectivity index is 2.25. The molecule has 2 aromatic rings. The van der Waals surface area contributed by atoms with E-state index >= 15 is 0 Å². The number of aromatic hydroxyl groups is 1. The van der Waals surface area contributed by atoms with Gasteiger partial charge in [-0.1, -0.05) is 35.9 Å². The fourth-order valence-electron chi connectivity index (χ4n) is 3.23. The van der Waals surface area contributed by atoms with Crippen LogP contribution < -0.4 is 5.43 Å². The zero-order chi connectivity index (χ0) is 18.4. The number of aliphatic hydroxyl groups is 1. The summed E-state index contributed by atoms with van der Waals surface area (Å²) in [5.74, 6) is 0.483. The molecule has 130 valence electrons. The molecule has 4 rings (SSSR count). The zero-order valence-electron chi connectivity index (χ0n) is 13.9. The second-order valence-electron chi connectivity index (χ2n) is 6.21. The monoisotopic (exact) mass is 366 g/mol. The fourth-order valence-corrected chi connectivity index (χ4v) is 3.39. The van der Waals surface area contributed by atoms with Gasteiger partial charge < -0.3 is 14.6 Å². The minimum atomic E-state index is -0.333. The second-order valence-corrected chi connectivity index (χ2v) is 6.61. The number of hydrogen-bond acceptors (Lipinski definition) is 4. The SMILES string of the molecule is Cc1cc2c(-c3ccccc3CO)c3cc(Cl)c(=O)cc-3oc2cc1O. The number of halogens is 1. The Morgan fingerprint density at radius 2 is 1.85 bits per heavy atom. The highest BCUT2D eigenvalue weighted by atomic mass is 35.5. The molecule has 2 aromatic carbocycles. The molecule has 2 N–H and O–H groups in total. The minimum Gasteiger partial charge on any atom is -0.508 e. The summed E-state index contributed by atoms with van der Waals surface area (Å²) in [6.07, 6.45) is 0. The van der Waals surface area contributed by atoms with E-state index in [0.717, 1.165) is 22.1 Å². The Kier molecular flexibility index (Phi) is 3.94. The van der Waals surface area contributed by atoms with Crippen LogP contribution in [0.15, 0.2) is 57.7 Å². The summed E-state index contributed by atoms with van der Waals surface area (Å²) in [6, 6.07) is 13.8. The zero-order valence-corrected chi connectivity index (χ0v) is 14.7. The van der Waals surface area contributed by atoms with Crippen molar-refractivity contribution in [1.29, 1.82) is 0 Å². The van der Waals surface area contributed by atoms with Crippen LogP contribution in [0.2, 0.25) is 5.02 Å². The lowest BCUT2D eigenvalue weighted by molar-refractivity contribution is 0.282. The van der Waals surface area contributed by atoms with Crippen LogP contribution in [0.1, 0.15) is 11.1 Å². The molecule has 1 heterocycles. The average molecular weight is 367 g/mol. The molecule has 0 atom stereocenters. The van der Waals surface area contributed by atoms with Crippen molar-refractivity contribution in [2.24, 2.45) is 0 Å². The topological polar surface area (TPSA) is 70.7 Å². The molecular formula is C21H15ClO4. The van der Waals surface area contributed by atoms with Gasteiger partial charge in [0.05, 0.1) is 11.6 Å². The fraction of sp³-hybridized carbons (Fsp3) is 0.0952. The van der Waals surface area contributed by atoms with Crippen molar-refractivity contribution in [3.05, 3.63) is 74.9 Å². The third kappa shape index (κ3) is 2.55. The smallest absolute Gasteiger partial charge is 0.200 e. The van der Waals surface area contributed by atoms with E-state index in [9.17, 15) is 15.0 Å². The molecule has 0 unspecified atom stereocenters. The third-order valence-electron chi connectivity index (χ3n) is 4.55. The molecule has 2 aliphatic rings. The molecule has 1 aliphatic carbocycles. The Morgan fingerprint density at radius 1 is 1.08 bits per heavy atom. The van der Waals surface area contributed by atoms with Gasteiger partial charge >= 0.3 is 0 Å². The van der Waals surface area contributed by atoms with E-state index < -0.39 is 0 Å². The van der Waals surface area contributed by atoms with Gasteiger partial charge in [0.15, 0.2) is 0 Å². The van der Waals surface area contributed by atoms with E-state index in [1.165, 1.54) is 12.1 Å². The molecule has 1 aliphatic heterocycles. The summed E-state index contributed by atoms with van der Waals surface area (Å²) < 4.78 is 5.87. The van der Waals surface area contributed by atoms with Crippen molar-refractivity contribution >= 4 is 22.6 Å². The summed E-state index contributed by atoms with van der Waals surface area (Å²) in [5.41, 5.74) is 3.85. The van der Waals surface area contributed by atoms with Crippen molar-refractivity contribution in [3.63, 3.8) is 0 Å². The Bertz CT molecular complexity index is 1180. The summed E-state index contributed by atoms with van der Waals surface area (Å²) in [5, 5.41) is 20.7. The van der Waals surface area contributed by atoms with Crippen molar-refractivity contribution in [1.82, 2.24) is 0 Å². The van der Waals surface area contributed by atoms with Gasteiger partial charge in [-0.2, -0.15) is 0 Å². The van der Waals surface area contributed by atoms with E-state index in [2.05, 4.69) is 0 Å². The number of aliphatic hydroxyl groups excluding tert-OH is 1. The Morgan fingerprint density at radius 3 is 2.62 bits per heavy atom. The lowest BCUT2D eigenvalue weighted by Gasteiger charge is -2.18. The van der Waals surface area contributed by atoms with Crippen LogP contribution in [-0.4, -0.2) is 10.2 Å². The number of phenolic OH excluding ortho intramolecular Hbond substituents is 1. The first-order chi connectivity index (χ1) is 12.5. The number of aryl methyl sites for hydroxylation is 1. The molecule has 0 saturated carbocycles. The maximum absolute atomic E-state index is 12.0. The predicted molar refractivity (Wildman–Crippen MR) is 102 cm³/mol.